The van der Waals surface area contributed by atoms with Crippen molar-refractivity contribution in [1.29, 1.82) is 0 Å². The molecule has 0 unspecified atom stereocenters. The Labute approximate surface area is 145 Å². The van der Waals surface area contributed by atoms with Gasteiger partial charge in [0.25, 0.3) is 5.91 Å². The Kier molecular flexibility index (Phi) is 5.43. The van der Waals surface area contributed by atoms with E-state index in [1.807, 2.05) is 0 Å². The molecule has 0 radical (unpaired) electrons. The number of halogens is 2. The summed E-state index contributed by atoms with van der Waals surface area (Å²) in [6.45, 7) is 0.181. The standard InChI is InChI=1S/C20H21F2NO2/c21-16-6-3-14(4-7-16)15-5-10-18(19(22)11-15)20(25)23-17-8-1-13(12-24)2-9-17/h3-7,10-11,13,17,24H,1-2,8-9,12H2,(H,23,25). The van der Waals surface area contributed by atoms with Crippen molar-refractivity contribution in [2.75, 3.05) is 6.61 Å². The van der Waals surface area contributed by atoms with Gasteiger partial charge in [-0.2, -0.15) is 0 Å². The molecule has 1 aliphatic carbocycles. The molecule has 0 spiro atoms. The number of aliphatic hydroxyl groups excluding tert-OH is 1. The highest BCUT2D eigenvalue weighted by Gasteiger charge is 2.23. The lowest BCUT2D eigenvalue weighted by molar-refractivity contribution is 0.0910. The normalized spacial score (nSPS) is 20.3. The van der Waals surface area contributed by atoms with Crippen LogP contribution in [-0.2, 0) is 0 Å². The number of amides is 1. The third kappa shape index (κ3) is 4.23. The molecule has 0 aromatic heterocycles. The third-order valence-corrected chi connectivity index (χ3v) is 4.83. The fraction of sp³-hybridized carbons (Fsp3) is 0.350. The topological polar surface area (TPSA) is 49.3 Å². The van der Waals surface area contributed by atoms with Crippen LogP contribution in [0.2, 0.25) is 0 Å². The molecule has 1 saturated carbocycles. The SMILES string of the molecule is O=C(NC1CCC(CO)CC1)c1ccc(-c2ccc(F)cc2)cc1F. The van der Waals surface area contributed by atoms with E-state index in [1.165, 1.54) is 24.3 Å². The number of hydrogen-bond acceptors (Lipinski definition) is 2. The maximum absolute atomic E-state index is 14.4. The number of benzene rings is 2. The van der Waals surface area contributed by atoms with E-state index in [9.17, 15) is 13.6 Å². The molecule has 1 aliphatic rings. The van der Waals surface area contributed by atoms with Gasteiger partial charge in [0.15, 0.2) is 0 Å². The van der Waals surface area contributed by atoms with Crippen LogP contribution in [0.25, 0.3) is 11.1 Å². The molecule has 132 valence electrons. The fourth-order valence-corrected chi connectivity index (χ4v) is 3.27. The van der Waals surface area contributed by atoms with Crippen molar-refractivity contribution in [1.82, 2.24) is 5.32 Å². The highest BCUT2D eigenvalue weighted by Crippen LogP contribution is 2.25. The van der Waals surface area contributed by atoms with Crippen LogP contribution in [0, 0.1) is 17.6 Å². The van der Waals surface area contributed by atoms with Crippen LogP contribution in [-0.4, -0.2) is 23.7 Å². The quantitative estimate of drug-likeness (QED) is 0.883. The van der Waals surface area contributed by atoms with Gasteiger partial charge >= 0.3 is 0 Å². The van der Waals surface area contributed by atoms with E-state index in [0.29, 0.717) is 17.0 Å². The van der Waals surface area contributed by atoms with Gasteiger partial charge in [-0.25, -0.2) is 8.78 Å². The first kappa shape index (κ1) is 17.5. The summed E-state index contributed by atoms with van der Waals surface area (Å²) < 4.78 is 27.3. The summed E-state index contributed by atoms with van der Waals surface area (Å²) in [4.78, 5) is 12.3. The number of carbonyl (C=O) groups is 1. The summed E-state index contributed by atoms with van der Waals surface area (Å²) in [5, 5.41) is 12.0. The van der Waals surface area contributed by atoms with Gasteiger partial charge in [-0.1, -0.05) is 18.2 Å². The van der Waals surface area contributed by atoms with Crippen LogP contribution in [0.4, 0.5) is 8.78 Å². The average Bonchev–Trinajstić information content (AvgIpc) is 2.62. The van der Waals surface area contributed by atoms with Crippen LogP contribution in [0.15, 0.2) is 42.5 Å². The minimum Gasteiger partial charge on any atom is -0.396 e. The Morgan fingerprint density at radius 1 is 1.00 bits per heavy atom. The van der Waals surface area contributed by atoms with Crippen LogP contribution in [0.5, 0.6) is 0 Å². The van der Waals surface area contributed by atoms with Gasteiger partial charge in [-0.15, -0.1) is 0 Å². The van der Waals surface area contributed by atoms with E-state index in [0.717, 1.165) is 25.7 Å². The summed E-state index contributed by atoms with van der Waals surface area (Å²) >= 11 is 0. The van der Waals surface area contributed by atoms with E-state index in [4.69, 9.17) is 5.11 Å². The van der Waals surface area contributed by atoms with Gasteiger partial charge in [0.1, 0.15) is 11.6 Å². The molecule has 0 bridgehead atoms. The first-order valence-electron chi connectivity index (χ1n) is 8.54. The molecule has 3 nitrogen and oxygen atoms in total. The summed E-state index contributed by atoms with van der Waals surface area (Å²) in [6.07, 6.45) is 3.33. The molecule has 2 aromatic carbocycles. The van der Waals surface area contributed by atoms with Crippen LogP contribution >= 0.6 is 0 Å². The molecule has 0 heterocycles. The van der Waals surface area contributed by atoms with Crippen molar-refractivity contribution in [2.45, 2.75) is 31.7 Å². The Morgan fingerprint density at radius 3 is 2.24 bits per heavy atom. The smallest absolute Gasteiger partial charge is 0.254 e. The Bertz CT molecular complexity index is 738. The van der Waals surface area contributed by atoms with Crippen molar-refractivity contribution in [3.8, 4) is 11.1 Å². The van der Waals surface area contributed by atoms with Gasteiger partial charge in [0.05, 0.1) is 5.56 Å². The first-order valence-corrected chi connectivity index (χ1v) is 8.54. The first-order chi connectivity index (χ1) is 12.1. The minimum absolute atomic E-state index is 0.00939. The third-order valence-electron chi connectivity index (χ3n) is 4.83. The molecule has 2 aromatic rings. The van der Waals surface area contributed by atoms with Crippen molar-refractivity contribution < 1.29 is 18.7 Å². The highest BCUT2D eigenvalue weighted by molar-refractivity contribution is 5.95. The Morgan fingerprint density at radius 2 is 1.64 bits per heavy atom. The minimum atomic E-state index is -0.594. The summed E-state index contributed by atoms with van der Waals surface area (Å²) in [5.41, 5.74) is 1.29. The maximum Gasteiger partial charge on any atom is 0.254 e. The van der Waals surface area contributed by atoms with Crippen molar-refractivity contribution >= 4 is 5.91 Å². The second-order valence-electron chi connectivity index (χ2n) is 6.58. The predicted octanol–water partition coefficient (Wildman–Crippen LogP) is 3.91. The largest absolute Gasteiger partial charge is 0.396 e. The van der Waals surface area contributed by atoms with Crippen LogP contribution < -0.4 is 5.32 Å². The highest BCUT2D eigenvalue weighted by atomic mass is 19.1. The summed E-state index contributed by atoms with van der Waals surface area (Å²) in [5.74, 6) is -1.06. The van der Waals surface area contributed by atoms with Crippen LogP contribution in [0.1, 0.15) is 36.0 Å². The monoisotopic (exact) mass is 345 g/mol. The van der Waals surface area contributed by atoms with E-state index in [-0.39, 0.29) is 24.0 Å². The van der Waals surface area contributed by atoms with Crippen LogP contribution in [0.3, 0.4) is 0 Å². The molecule has 3 rings (SSSR count). The molecule has 2 N–H and O–H groups in total. The number of hydrogen-bond donors (Lipinski definition) is 2. The van der Waals surface area contributed by atoms with E-state index >= 15 is 0 Å². The van der Waals surface area contributed by atoms with Crippen molar-refractivity contribution in [3.63, 3.8) is 0 Å². The number of rotatable bonds is 4. The summed E-state index contributed by atoms with van der Waals surface area (Å²) in [6, 6.07) is 10.2. The van der Waals surface area contributed by atoms with Gasteiger partial charge in [-0.05, 0) is 67.0 Å². The zero-order chi connectivity index (χ0) is 17.8. The van der Waals surface area contributed by atoms with Gasteiger partial charge < -0.3 is 10.4 Å². The lowest BCUT2D eigenvalue weighted by atomic mass is 9.86. The lowest BCUT2D eigenvalue weighted by Crippen LogP contribution is -2.38. The average molecular weight is 345 g/mol. The molecular formula is C20H21F2NO2. The van der Waals surface area contributed by atoms with Crippen molar-refractivity contribution in [3.05, 3.63) is 59.7 Å². The van der Waals surface area contributed by atoms with Gasteiger partial charge in [0.2, 0.25) is 0 Å². The van der Waals surface area contributed by atoms with Gasteiger partial charge in [0, 0.05) is 12.6 Å². The molecule has 1 fully saturated rings. The Balaban J connectivity index is 1.68. The second kappa shape index (κ2) is 7.74. The number of carbonyl (C=O) groups excluding carboxylic acids is 1. The molecule has 1 amide bonds. The molecule has 0 atom stereocenters. The molecule has 0 aliphatic heterocycles. The molecule has 5 heteroatoms. The number of nitrogens with one attached hydrogen (secondary N) is 1. The van der Waals surface area contributed by atoms with E-state index in [2.05, 4.69) is 5.32 Å². The zero-order valence-electron chi connectivity index (χ0n) is 13.8. The van der Waals surface area contributed by atoms with Gasteiger partial charge in [-0.3, -0.25) is 4.79 Å². The Hall–Kier alpha value is -2.27. The second-order valence-corrected chi connectivity index (χ2v) is 6.58. The number of aliphatic hydroxyl groups is 1. The lowest BCUT2D eigenvalue weighted by Gasteiger charge is -2.28. The fourth-order valence-electron chi connectivity index (χ4n) is 3.27. The zero-order valence-corrected chi connectivity index (χ0v) is 13.8. The molecular weight excluding hydrogens is 324 g/mol. The van der Waals surface area contributed by atoms with Crippen molar-refractivity contribution in [2.24, 2.45) is 5.92 Å². The molecule has 0 saturated heterocycles. The maximum atomic E-state index is 14.4. The van der Waals surface area contributed by atoms with E-state index in [1.54, 1.807) is 18.2 Å². The summed E-state index contributed by atoms with van der Waals surface area (Å²) in [7, 11) is 0. The van der Waals surface area contributed by atoms with E-state index < -0.39 is 11.7 Å². The predicted molar refractivity (Wildman–Crippen MR) is 92.1 cm³/mol. The molecule has 25 heavy (non-hydrogen) atoms.